The molecule has 0 heterocycles. The lowest BCUT2D eigenvalue weighted by Gasteiger charge is -2.19. The summed E-state index contributed by atoms with van der Waals surface area (Å²) in [5.41, 5.74) is 0. The summed E-state index contributed by atoms with van der Waals surface area (Å²) in [7, 11) is -5.08. The van der Waals surface area contributed by atoms with Gasteiger partial charge in [-0.1, -0.05) is 13.0 Å². The van der Waals surface area contributed by atoms with Crippen LogP contribution < -0.4 is 10.0 Å². The molecule has 10 heteroatoms. The summed E-state index contributed by atoms with van der Waals surface area (Å²) in [4.78, 5) is 11.1. The van der Waals surface area contributed by atoms with Gasteiger partial charge in [-0.2, -0.15) is 4.31 Å². The molecule has 0 aliphatic rings. The fraction of sp³-hybridized carbons (Fsp3) is 0.417. The second-order valence-corrected chi connectivity index (χ2v) is 8.11. The van der Waals surface area contributed by atoms with Gasteiger partial charge in [-0.15, -0.1) is 0 Å². The van der Waals surface area contributed by atoms with Crippen molar-refractivity contribution in [2.75, 3.05) is 27.2 Å². The van der Waals surface area contributed by atoms with E-state index in [1.54, 1.807) is 6.92 Å². The largest absolute Gasteiger partial charge is 0.358 e. The molecular formula is C12H19N3O5S2. The Morgan fingerprint density at radius 1 is 1.14 bits per heavy atom. The first-order valence-electron chi connectivity index (χ1n) is 6.43. The van der Waals surface area contributed by atoms with E-state index in [-0.39, 0.29) is 22.9 Å². The summed E-state index contributed by atoms with van der Waals surface area (Å²) >= 11 is 0. The molecule has 22 heavy (non-hydrogen) atoms. The SMILES string of the molecule is CCN(CC(=O)NC)S(=O)(=O)c1cccc(S(=O)(=O)NC)c1. The Labute approximate surface area is 130 Å². The zero-order chi connectivity index (χ0) is 17.0. The predicted octanol–water partition coefficient (Wildman–Crippen LogP) is -0.649. The minimum atomic E-state index is -3.97. The molecule has 0 saturated carbocycles. The highest BCUT2D eigenvalue weighted by molar-refractivity contribution is 7.90. The molecule has 1 rings (SSSR count). The molecule has 1 aromatic rings. The predicted molar refractivity (Wildman–Crippen MR) is 81.2 cm³/mol. The van der Waals surface area contributed by atoms with Crippen molar-refractivity contribution in [3.05, 3.63) is 24.3 Å². The molecule has 0 bridgehead atoms. The molecule has 0 fully saturated rings. The van der Waals surface area contributed by atoms with Crippen molar-refractivity contribution in [2.45, 2.75) is 16.7 Å². The first-order valence-corrected chi connectivity index (χ1v) is 9.35. The first kappa shape index (κ1) is 18.6. The Bertz CT molecular complexity index is 744. The van der Waals surface area contributed by atoms with Crippen molar-refractivity contribution in [1.82, 2.24) is 14.3 Å². The second-order valence-electron chi connectivity index (χ2n) is 4.29. The van der Waals surface area contributed by atoms with Crippen molar-refractivity contribution in [3.8, 4) is 0 Å². The summed E-state index contributed by atoms with van der Waals surface area (Å²) < 4.78 is 51.6. The van der Waals surface area contributed by atoms with Crippen LogP contribution in [-0.4, -0.2) is 54.2 Å². The average Bonchev–Trinajstić information content (AvgIpc) is 2.52. The molecule has 8 nitrogen and oxygen atoms in total. The third kappa shape index (κ3) is 4.03. The van der Waals surface area contributed by atoms with E-state index in [4.69, 9.17) is 0 Å². The number of carbonyl (C=O) groups excluding carboxylic acids is 1. The number of amides is 1. The number of sulfonamides is 2. The van der Waals surface area contributed by atoms with E-state index in [1.807, 2.05) is 0 Å². The molecule has 0 unspecified atom stereocenters. The average molecular weight is 349 g/mol. The highest BCUT2D eigenvalue weighted by Gasteiger charge is 2.26. The Morgan fingerprint density at radius 2 is 1.73 bits per heavy atom. The van der Waals surface area contributed by atoms with Crippen LogP contribution in [0, 0.1) is 0 Å². The van der Waals surface area contributed by atoms with Gasteiger partial charge in [-0.25, -0.2) is 21.6 Å². The van der Waals surface area contributed by atoms with E-state index < -0.39 is 26.0 Å². The van der Waals surface area contributed by atoms with Crippen LogP contribution in [-0.2, 0) is 24.8 Å². The van der Waals surface area contributed by atoms with E-state index in [1.165, 1.54) is 32.3 Å². The topological polar surface area (TPSA) is 113 Å². The molecular weight excluding hydrogens is 330 g/mol. The Kier molecular flexibility index (Phi) is 6.06. The van der Waals surface area contributed by atoms with Crippen molar-refractivity contribution >= 4 is 26.0 Å². The molecule has 2 N–H and O–H groups in total. The van der Waals surface area contributed by atoms with E-state index in [2.05, 4.69) is 10.0 Å². The van der Waals surface area contributed by atoms with E-state index in [9.17, 15) is 21.6 Å². The first-order chi connectivity index (χ1) is 10.2. The summed E-state index contributed by atoms with van der Waals surface area (Å²) in [6, 6.07) is 4.98. The smallest absolute Gasteiger partial charge is 0.243 e. The van der Waals surface area contributed by atoms with Gasteiger partial charge in [-0.3, -0.25) is 4.79 Å². The standard InChI is InChI=1S/C12H19N3O5S2/c1-4-15(9-12(16)13-2)22(19,20)11-7-5-6-10(8-11)21(17,18)14-3/h5-8,14H,4,9H2,1-3H3,(H,13,16). The third-order valence-corrected chi connectivity index (χ3v) is 6.30. The number of likely N-dealkylation sites (N-methyl/N-ethyl adjacent to an activating group) is 2. The van der Waals surface area contributed by atoms with Gasteiger partial charge in [-0.05, 0) is 25.2 Å². The van der Waals surface area contributed by atoms with Crippen LogP contribution >= 0.6 is 0 Å². The van der Waals surface area contributed by atoms with Gasteiger partial charge in [0.2, 0.25) is 26.0 Å². The van der Waals surface area contributed by atoms with Crippen molar-refractivity contribution < 1.29 is 21.6 Å². The molecule has 0 atom stereocenters. The number of carbonyl (C=O) groups is 1. The minimum Gasteiger partial charge on any atom is -0.358 e. The lowest BCUT2D eigenvalue weighted by atomic mass is 10.4. The number of hydrogen-bond donors (Lipinski definition) is 2. The monoisotopic (exact) mass is 349 g/mol. The number of nitrogens with zero attached hydrogens (tertiary/aromatic N) is 1. The number of rotatable bonds is 7. The van der Waals surface area contributed by atoms with Crippen LogP contribution in [0.2, 0.25) is 0 Å². The highest BCUT2D eigenvalue weighted by atomic mass is 32.2. The molecule has 0 spiro atoms. The molecule has 0 saturated heterocycles. The lowest BCUT2D eigenvalue weighted by molar-refractivity contribution is -0.120. The van der Waals surface area contributed by atoms with Crippen molar-refractivity contribution in [2.24, 2.45) is 0 Å². The van der Waals surface area contributed by atoms with Gasteiger partial charge < -0.3 is 5.32 Å². The van der Waals surface area contributed by atoms with Crippen LogP contribution in [0.3, 0.4) is 0 Å². The van der Waals surface area contributed by atoms with Gasteiger partial charge in [0, 0.05) is 13.6 Å². The van der Waals surface area contributed by atoms with Crippen LogP contribution in [0.15, 0.2) is 34.1 Å². The Hall–Kier alpha value is -1.49. The zero-order valence-electron chi connectivity index (χ0n) is 12.5. The maximum absolute atomic E-state index is 12.5. The van der Waals surface area contributed by atoms with Crippen molar-refractivity contribution in [3.63, 3.8) is 0 Å². The summed E-state index contributed by atoms with van der Waals surface area (Å²) in [5, 5.41) is 2.35. The van der Waals surface area contributed by atoms with Crippen LogP contribution in [0.4, 0.5) is 0 Å². The van der Waals surface area contributed by atoms with Gasteiger partial charge in [0.15, 0.2) is 0 Å². The van der Waals surface area contributed by atoms with E-state index in [0.29, 0.717) is 0 Å². The van der Waals surface area contributed by atoms with Gasteiger partial charge in [0.1, 0.15) is 0 Å². The lowest BCUT2D eigenvalue weighted by Crippen LogP contribution is -2.39. The summed E-state index contributed by atoms with van der Waals surface area (Å²) in [6.07, 6.45) is 0. The summed E-state index contributed by atoms with van der Waals surface area (Å²) in [6.45, 7) is 1.34. The van der Waals surface area contributed by atoms with E-state index in [0.717, 1.165) is 10.4 Å². The maximum Gasteiger partial charge on any atom is 0.243 e. The number of benzene rings is 1. The quantitative estimate of drug-likeness (QED) is 0.679. The minimum absolute atomic E-state index is 0.0821. The third-order valence-electron chi connectivity index (χ3n) is 2.97. The van der Waals surface area contributed by atoms with Gasteiger partial charge in [0.25, 0.3) is 0 Å². The molecule has 0 aromatic heterocycles. The van der Waals surface area contributed by atoms with Crippen LogP contribution in [0.25, 0.3) is 0 Å². The molecule has 124 valence electrons. The Balaban J connectivity index is 3.28. The van der Waals surface area contributed by atoms with Gasteiger partial charge >= 0.3 is 0 Å². The molecule has 0 aliphatic carbocycles. The van der Waals surface area contributed by atoms with Crippen LogP contribution in [0.1, 0.15) is 6.92 Å². The second kappa shape index (κ2) is 7.18. The molecule has 1 amide bonds. The zero-order valence-corrected chi connectivity index (χ0v) is 14.2. The van der Waals surface area contributed by atoms with Crippen LogP contribution in [0.5, 0.6) is 0 Å². The normalized spacial score (nSPS) is 12.4. The molecule has 0 aliphatic heterocycles. The fourth-order valence-corrected chi connectivity index (χ4v) is 3.98. The maximum atomic E-state index is 12.5. The number of hydrogen-bond acceptors (Lipinski definition) is 5. The van der Waals surface area contributed by atoms with Gasteiger partial charge in [0.05, 0.1) is 16.3 Å². The molecule has 0 radical (unpaired) electrons. The van der Waals surface area contributed by atoms with E-state index >= 15 is 0 Å². The number of nitrogens with one attached hydrogen (secondary N) is 2. The van der Waals surface area contributed by atoms with Crippen molar-refractivity contribution in [1.29, 1.82) is 0 Å². The highest BCUT2D eigenvalue weighted by Crippen LogP contribution is 2.19. The molecule has 1 aromatic carbocycles. The fourth-order valence-electron chi connectivity index (χ4n) is 1.67. The summed E-state index contributed by atoms with van der Waals surface area (Å²) in [5.74, 6) is -0.454. The Morgan fingerprint density at radius 3 is 2.23 bits per heavy atom.